The molecule has 0 aliphatic heterocycles. The van der Waals surface area contributed by atoms with Gasteiger partial charge in [0.1, 0.15) is 0 Å². The predicted molar refractivity (Wildman–Crippen MR) is 50.2 cm³/mol. The molecule has 0 fully saturated rings. The Morgan fingerprint density at radius 1 is 1.33 bits per heavy atom. The smallest absolute Gasteiger partial charge is 0.391 e. The number of halogens is 3. The van der Waals surface area contributed by atoms with Gasteiger partial charge in [0.2, 0.25) is 0 Å². The Hall–Kier alpha value is -1.07. The third kappa shape index (κ3) is 3.53. The van der Waals surface area contributed by atoms with E-state index in [2.05, 4.69) is 0 Å². The standard InChI is InChI=1S/C10H12F3NO/c11-10(12,13)8-3-1-2-7(4-8)5-9(15)6-14/h1-4,9,15H,5-6,14H2. The third-order valence-electron chi connectivity index (χ3n) is 2.00. The van der Waals surface area contributed by atoms with E-state index in [0.29, 0.717) is 5.56 Å². The minimum atomic E-state index is -4.34. The van der Waals surface area contributed by atoms with Gasteiger partial charge in [-0.05, 0) is 18.1 Å². The van der Waals surface area contributed by atoms with Gasteiger partial charge in [-0.2, -0.15) is 13.2 Å². The summed E-state index contributed by atoms with van der Waals surface area (Å²) in [5.74, 6) is 0. The van der Waals surface area contributed by atoms with Gasteiger partial charge in [0, 0.05) is 6.54 Å². The molecular formula is C10H12F3NO. The van der Waals surface area contributed by atoms with Crippen LogP contribution in [-0.4, -0.2) is 17.8 Å². The van der Waals surface area contributed by atoms with Crippen molar-refractivity contribution in [2.45, 2.75) is 18.7 Å². The second-order valence-corrected chi connectivity index (χ2v) is 3.29. The van der Waals surface area contributed by atoms with Crippen LogP contribution in [0.15, 0.2) is 24.3 Å². The maximum absolute atomic E-state index is 12.3. The van der Waals surface area contributed by atoms with Crippen LogP contribution in [0.3, 0.4) is 0 Å². The number of nitrogens with two attached hydrogens (primary N) is 1. The largest absolute Gasteiger partial charge is 0.416 e. The Morgan fingerprint density at radius 3 is 2.53 bits per heavy atom. The van der Waals surface area contributed by atoms with Gasteiger partial charge in [-0.25, -0.2) is 0 Å². The molecule has 0 saturated carbocycles. The van der Waals surface area contributed by atoms with Crippen molar-refractivity contribution in [3.05, 3.63) is 35.4 Å². The molecular weight excluding hydrogens is 207 g/mol. The highest BCUT2D eigenvalue weighted by Gasteiger charge is 2.30. The molecule has 0 aliphatic rings. The SMILES string of the molecule is NCC(O)Cc1cccc(C(F)(F)F)c1. The van der Waals surface area contributed by atoms with Crippen molar-refractivity contribution in [3.63, 3.8) is 0 Å². The van der Waals surface area contributed by atoms with Crippen LogP contribution in [0.25, 0.3) is 0 Å². The van der Waals surface area contributed by atoms with Crippen molar-refractivity contribution in [1.29, 1.82) is 0 Å². The molecule has 0 aromatic heterocycles. The summed E-state index contributed by atoms with van der Waals surface area (Å²) >= 11 is 0. The second-order valence-electron chi connectivity index (χ2n) is 3.29. The zero-order valence-corrected chi connectivity index (χ0v) is 7.96. The lowest BCUT2D eigenvalue weighted by Crippen LogP contribution is -2.22. The number of rotatable bonds is 3. The van der Waals surface area contributed by atoms with Crippen molar-refractivity contribution in [3.8, 4) is 0 Å². The first-order valence-corrected chi connectivity index (χ1v) is 4.47. The molecule has 0 amide bonds. The van der Waals surface area contributed by atoms with Crippen LogP contribution in [0.2, 0.25) is 0 Å². The Balaban J connectivity index is 2.84. The zero-order valence-electron chi connectivity index (χ0n) is 7.96. The van der Waals surface area contributed by atoms with Crippen LogP contribution in [0.1, 0.15) is 11.1 Å². The van der Waals surface area contributed by atoms with Gasteiger partial charge in [-0.1, -0.05) is 18.2 Å². The van der Waals surface area contributed by atoms with Crippen LogP contribution in [0, 0.1) is 0 Å². The summed E-state index contributed by atoms with van der Waals surface area (Å²) in [6.07, 6.45) is -5.00. The molecule has 5 heteroatoms. The first-order chi connectivity index (χ1) is 6.93. The number of benzene rings is 1. The highest BCUT2D eigenvalue weighted by Crippen LogP contribution is 2.29. The van der Waals surface area contributed by atoms with E-state index in [-0.39, 0.29) is 13.0 Å². The van der Waals surface area contributed by atoms with Crippen LogP contribution < -0.4 is 5.73 Å². The van der Waals surface area contributed by atoms with Crippen molar-refractivity contribution in [2.24, 2.45) is 5.73 Å². The average molecular weight is 219 g/mol. The first-order valence-electron chi connectivity index (χ1n) is 4.47. The summed E-state index contributed by atoms with van der Waals surface area (Å²) in [6.45, 7) is 0.0379. The molecule has 1 aromatic rings. The quantitative estimate of drug-likeness (QED) is 0.810. The monoisotopic (exact) mass is 219 g/mol. The molecule has 3 N–H and O–H groups in total. The summed E-state index contributed by atoms with van der Waals surface area (Å²) < 4.78 is 36.9. The number of aliphatic hydroxyl groups excluding tert-OH is 1. The highest BCUT2D eigenvalue weighted by molar-refractivity contribution is 5.26. The minimum Gasteiger partial charge on any atom is -0.391 e. The third-order valence-corrected chi connectivity index (χ3v) is 2.00. The fourth-order valence-corrected chi connectivity index (χ4v) is 1.23. The number of hydrogen-bond acceptors (Lipinski definition) is 2. The molecule has 0 bridgehead atoms. The lowest BCUT2D eigenvalue weighted by molar-refractivity contribution is -0.137. The van der Waals surface area contributed by atoms with Gasteiger partial charge in [-0.3, -0.25) is 0 Å². The van der Waals surface area contributed by atoms with E-state index in [1.54, 1.807) is 0 Å². The van der Waals surface area contributed by atoms with E-state index >= 15 is 0 Å². The van der Waals surface area contributed by atoms with Crippen molar-refractivity contribution in [2.75, 3.05) is 6.54 Å². The zero-order chi connectivity index (χ0) is 11.5. The number of alkyl halides is 3. The summed E-state index contributed by atoms with van der Waals surface area (Å²) in [5, 5.41) is 9.20. The normalized spacial score (nSPS) is 13.9. The molecule has 1 aromatic carbocycles. The van der Waals surface area contributed by atoms with Crippen molar-refractivity contribution < 1.29 is 18.3 Å². The van der Waals surface area contributed by atoms with Crippen LogP contribution >= 0.6 is 0 Å². The van der Waals surface area contributed by atoms with Crippen LogP contribution in [-0.2, 0) is 12.6 Å². The van der Waals surface area contributed by atoms with E-state index in [9.17, 15) is 18.3 Å². The van der Waals surface area contributed by atoms with Crippen LogP contribution in [0.5, 0.6) is 0 Å². The Labute approximate surface area is 85.5 Å². The molecule has 0 radical (unpaired) electrons. The summed E-state index contributed by atoms with van der Waals surface area (Å²) in [4.78, 5) is 0. The van der Waals surface area contributed by atoms with E-state index < -0.39 is 17.8 Å². The molecule has 0 aliphatic carbocycles. The first kappa shape index (κ1) is 12.0. The topological polar surface area (TPSA) is 46.2 Å². The predicted octanol–water partition coefficient (Wildman–Crippen LogP) is 1.57. The maximum atomic E-state index is 12.3. The molecule has 1 rings (SSSR count). The molecule has 1 unspecified atom stereocenters. The number of hydrogen-bond donors (Lipinski definition) is 2. The summed E-state index contributed by atoms with van der Waals surface area (Å²) in [5.41, 5.74) is 4.90. The van der Waals surface area contributed by atoms with E-state index in [4.69, 9.17) is 5.73 Å². The number of aliphatic hydroxyl groups is 1. The van der Waals surface area contributed by atoms with Gasteiger partial charge in [0.25, 0.3) is 0 Å². The van der Waals surface area contributed by atoms with Crippen molar-refractivity contribution >= 4 is 0 Å². The van der Waals surface area contributed by atoms with Gasteiger partial charge >= 0.3 is 6.18 Å². The lowest BCUT2D eigenvalue weighted by Gasteiger charge is -2.10. The van der Waals surface area contributed by atoms with Gasteiger partial charge in [0.15, 0.2) is 0 Å². The Bertz CT molecular complexity index is 325. The molecule has 1 atom stereocenters. The van der Waals surface area contributed by atoms with E-state index in [0.717, 1.165) is 12.1 Å². The fraction of sp³-hybridized carbons (Fsp3) is 0.400. The van der Waals surface area contributed by atoms with Gasteiger partial charge in [-0.15, -0.1) is 0 Å². The fourth-order valence-electron chi connectivity index (χ4n) is 1.23. The van der Waals surface area contributed by atoms with Crippen molar-refractivity contribution in [1.82, 2.24) is 0 Å². The molecule has 0 saturated heterocycles. The Kier molecular flexibility index (Phi) is 3.71. The Morgan fingerprint density at radius 2 is 2.00 bits per heavy atom. The van der Waals surface area contributed by atoms with Crippen LogP contribution in [0.4, 0.5) is 13.2 Å². The highest BCUT2D eigenvalue weighted by atomic mass is 19.4. The summed E-state index contributed by atoms with van der Waals surface area (Å²) in [7, 11) is 0. The molecule has 2 nitrogen and oxygen atoms in total. The molecule has 0 heterocycles. The molecule has 15 heavy (non-hydrogen) atoms. The minimum absolute atomic E-state index is 0.0379. The van der Waals surface area contributed by atoms with E-state index in [1.165, 1.54) is 12.1 Å². The second kappa shape index (κ2) is 4.63. The lowest BCUT2D eigenvalue weighted by atomic mass is 10.0. The maximum Gasteiger partial charge on any atom is 0.416 e. The van der Waals surface area contributed by atoms with Gasteiger partial charge in [0.05, 0.1) is 11.7 Å². The van der Waals surface area contributed by atoms with Gasteiger partial charge < -0.3 is 10.8 Å². The average Bonchev–Trinajstić information content (AvgIpc) is 2.17. The molecule has 84 valence electrons. The van der Waals surface area contributed by atoms with E-state index in [1.807, 2.05) is 0 Å². The summed E-state index contributed by atoms with van der Waals surface area (Å²) in [6, 6.07) is 4.88. The molecule has 0 spiro atoms.